The molecule has 0 saturated carbocycles. The van der Waals surface area contributed by atoms with Crippen molar-refractivity contribution in [2.24, 2.45) is 5.92 Å². The molecule has 2 aliphatic heterocycles. The number of nitrogens with zero attached hydrogens (tertiary/aromatic N) is 1. The summed E-state index contributed by atoms with van der Waals surface area (Å²) in [4.78, 5) is 26.5. The number of amides is 1. The van der Waals surface area contributed by atoms with Gasteiger partial charge in [0.15, 0.2) is 0 Å². The number of para-hydroxylation sites is 1. The van der Waals surface area contributed by atoms with Crippen molar-refractivity contribution in [2.75, 3.05) is 19.8 Å². The first-order valence-corrected chi connectivity index (χ1v) is 12.7. The summed E-state index contributed by atoms with van der Waals surface area (Å²) < 4.78 is 26.6. The van der Waals surface area contributed by atoms with Crippen molar-refractivity contribution in [2.45, 2.75) is 39.2 Å². The third-order valence-corrected chi connectivity index (χ3v) is 7.12. The van der Waals surface area contributed by atoms with Gasteiger partial charge in [0.2, 0.25) is 5.91 Å². The van der Waals surface area contributed by atoms with E-state index in [9.17, 15) is 19.1 Å². The summed E-state index contributed by atoms with van der Waals surface area (Å²) in [5.41, 5.74) is 4.57. The van der Waals surface area contributed by atoms with Crippen LogP contribution in [0, 0.1) is 11.7 Å². The van der Waals surface area contributed by atoms with Crippen molar-refractivity contribution < 1.29 is 28.6 Å². The quantitative estimate of drug-likeness (QED) is 0.489. The van der Waals surface area contributed by atoms with Gasteiger partial charge in [0, 0.05) is 31.0 Å². The lowest BCUT2D eigenvalue weighted by Crippen LogP contribution is -2.38. The summed E-state index contributed by atoms with van der Waals surface area (Å²) in [6.45, 7) is 3.56. The first kappa shape index (κ1) is 24.8. The van der Waals surface area contributed by atoms with Crippen LogP contribution in [-0.4, -0.2) is 41.6 Å². The van der Waals surface area contributed by atoms with Crippen LogP contribution in [0.1, 0.15) is 35.6 Å². The molecule has 0 radical (unpaired) electrons. The minimum Gasteiger partial charge on any atom is -0.493 e. The molecule has 0 aliphatic carbocycles. The molecule has 3 aromatic rings. The lowest BCUT2D eigenvalue weighted by Gasteiger charge is -2.33. The number of fused-ring (bicyclic) bond motifs is 2. The van der Waals surface area contributed by atoms with E-state index in [0.29, 0.717) is 61.6 Å². The van der Waals surface area contributed by atoms with E-state index in [-0.39, 0.29) is 24.1 Å². The van der Waals surface area contributed by atoms with Gasteiger partial charge in [0.1, 0.15) is 17.3 Å². The average molecular weight is 504 g/mol. The Morgan fingerprint density at radius 2 is 1.95 bits per heavy atom. The maximum Gasteiger partial charge on any atom is 0.307 e. The minimum atomic E-state index is -0.928. The van der Waals surface area contributed by atoms with E-state index in [1.807, 2.05) is 31.2 Å². The number of carboxylic acid groups (broad SMARTS) is 1. The predicted molar refractivity (Wildman–Crippen MR) is 137 cm³/mol. The molecule has 2 aliphatic rings. The molecule has 192 valence electrons. The number of hydrogen-bond acceptors (Lipinski definition) is 4. The van der Waals surface area contributed by atoms with Gasteiger partial charge in [-0.1, -0.05) is 30.3 Å². The predicted octanol–water partition coefficient (Wildman–Crippen LogP) is 5.04. The third kappa shape index (κ3) is 5.31. The van der Waals surface area contributed by atoms with Crippen molar-refractivity contribution >= 4 is 11.9 Å². The number of carboxylic acids is 1. The number of carbonyl (C=O) groups excluding carboxylic acids is 1. The van der Waals surface area contributed by atoms with Crippen molar-refractivity contribution in [1.82, 2.24) is 4.90 Å². The number of hydrogen-bond donors (Lipinski definition) is 1. The molecule has 3 aromatic carbocycles. The van der Waals surface area contributed by atoms with E-state index in [1.54, 1.807) is 29.2 Å². The zero-order valence-corrected chi connectivity index (χ0v) is 20.8. The summed E-state index contributed by atoms with van der Waals surface area (Å²) in [7, 11) is 0. The van der Waals surface area contributed by atoms with E-state index in [4.69, 9.17) is 9.47 Å². The van der Waals surface area contributed by atoms with Crippen LogP contribution in [0.5, 0.6) is 11.5 Å². The molecule has 37 heavy (non-hydrogen) atoms. The first-order chi connectivity index (χ1) is 17.9. The van der Waals surface area contributed by atoms with Crippen LogP contribution in [0.3, 0.4) is 0 Å². The minimum absolute atomic E-state index is 0.0264. The molecule has 6 nitrogen and oxygen atoms in total. The average Bonchev–Trinajstić information content (AvgIpc) is 2.89. The molecule has 7 heteroatoms. The Kier molecular flexibility index (Phi) is 7.12. The second kappa shape index (κ2) is 10.6. The van der Waals surface area contributed by atoms with Gasteiger partial charge in [-0.15, -0.1) is 0 Å². The van der Waals surface area contributed by atoms with Gasteiger partial charge in [-0.05, 0) is 71.8 Å². The molecule has 0 bridgehead atoms. The van der Waals surface area contributed by atoms with Crippen molar-refractivity contribution in [3.8, 4) is 22.6 Å². The molecule has 2 heterocycles. The normalized spacial score (nSPS) is 16.4. The number of rotatable bonds is 7. The molecular formula is C30H30FNO5. The van der Waals surface area contributed by atoms with E-state index in [0.717, 1.165) is 28.9 Å². The van der Waals surface area contributed by atoms with E-state index in [1.165, 1.54) is 6.07 Å². The Hall–Kier alpha value is -3.87. The Labute approximate surface area is 215 Å². The van der Waals surface area contributed by atoms with Crippen LogP contribution in [0.4, 0.5) is 4.39 Å². The SMILES string of the molecule is CCOc1ccc(CC(=O)O)cc1-c1ccc(F)c2c1CN(C(=O)CC1COc3ccccc3C1)CC2. The number of aliphatic carboxylic acids is 1. The smallest absolute Gasteiger partial charge is 0.307 e. The van der Waals surface area contributed by atoms with Crippen LogP contribution < -0.4 is 9.47 Å². The molecule has 1 amide bonds. The molecule has 0 aromatic heterocycles. The number of benzene rings is 3. The molecule has 1 unspecified atom stereocenters. The molecule has 0 saturated heterocycles. The lowest BCUT2D eigenvalue weighted by atomic mass is 9.88. The number of ether oxygens (including phenoxy) is 2. The van der Waals surface area contributed by atoms with Gasteiger partial charge in [-0.2, -0.15) is 0 Å². The molecule has 5 rings (SSSR count). The maximum atomic E-state index is 14.9. The van der Waals surface area contributed by atoms with Gasteiger partial charge >= 0.3 is 5.97 Å². The molecule has 1 atom stereocenters. The van der Waals surface area contributed by atoms with Crippen LogP contribution >= 0.6 is 0 Å². The van der Waals surface area contributed by atoms with Crippen molar-refractivity contribution in [3.05, 3.63) is 82.7 Å². The van der Waals surface area contributed by atoms with Gasteiger partial charge in [-0.3, -0.25) is 9.59 Å². The van der Waals surface area contributed by atoms with E-state index >= 15 is 0 Å². The fourth-order valence-corrected chi connectivity index (χ4v) is 5.35. The van der Waals surface area contributed by atoms with Crippen LogP contribution in [0.2, 0.25) is 0 Å². The van der Waals surface area contributed by atoms with Gasteiger partial charge < -0.3 is 19.5 Å². The van der Waals surface area contributed by atoms with E-state index < -0.39 is 5.97 Å². The fourth-order valence-electron chi connectivity index (χ4n) is 5.35. The van der Waals surface area contributed by atoms with Gasteiger partial charge in [0.05, 0.1) is 19.6 Å². The summed E-state index contributed by atoms with van der Waals surface area (Å²) in [6, 6.07) is 16.4. The third-order valence-electron chi connectivity index (χ3n) is 7.12. The van der Waals surface area contributed by atoms with Crippen molar-refractivity contribution in [3.63, 3.8) is 0 Å². The lowest BCUT2D eigenvalue weighted by molar-refractivity contribution is -0.136. The Morgan fingerprint density at radius 3 is 2.76 bits per heavy atom. The maximum absolute atomic E-state index is 14.9. The monoisotopic (exact) mass is 503 g/mol. The van der Waals surface area contributed by atoms with Crippen LogP contribution in [0.15, 0.2) is 54.6 Å². The van der Waals surface area contributed by atoms with Gasteiger partial charge in [-0.25, -0.2) is 4.39 Å². The topological polar surface area (TPSA) is 76.1 Å². The zero-order valence-electron chi connectivity index (χ0n) is 20.8. The first-order valence-electron chi connectivity index (χ1n) is 12.7. The summed E-state index contributed by atoms with van der Waals surface area (Å²) in [6.07, 6.45) is 1.45. The Morgan fingerprint density at radius 1 is 1.11 bits per heavy atom. The summed E-state index contributed by atoms with van der Waals surface area (Å²) in [5.74, 6) is 0.386. The summed E-state index contributed by atoms with van der Waals surface area (Å²) in [5, 5.41) is 9.28. The highest BCUT2D eigenvalue weighted by atomic mass is 19.1. The van der Waals surface area contributed by atoms with Gasteiger partial charge in [0.25, 0.3) is 0 Å². The molecule has 1 N–H and O–H groups in total. The zero-order chi connectivity index (χ0) is 25.9. The fraction of sp³-hybridized carbons (Fsp3) is 0.333. The highest BCUT2D eigenvalue weighted by Gasteiger charge is 2.29. The molecular weight excluding hydrogens is 473 g/mol. The van der Waals surface area contributed by atoms with Crippen LogP contribution in [0.25, 0.3) is 11.1 Å². The second-order valence-corrected chi connectivity index (χ2v) is 9.64. The molecule has 0 fully saturated rings. The largest absolute Gasteiger partial charge is 0.493 e. The second-order valence-electron chi connectivity index (χ2n) is 9.64. The van der Waals surface area contributed by atoms with E-state index in [2.05, 4.69) is 0 Å². The number of halogens is 1. The van der Waals surface area contributed by atoms with Crippen LogP contribution in [-0.2, 0) is 35.4 Å². The Balaban J connectivity index is 1.41. The standard InChI is InChI=1S/C30H30FNO5/c1-2-36-28-10-7-19(16-30(34)35)14-24(28)22-8-9-26(31)23-11-12-32(17-25(22)23)29(33)15-20-13-21-5-3-4-6-27(21)37-18-20/h3-10,14,20H,2,11-13,15-18H2,1H3,(H,34,35). The Bertz CT molecular complexity index is 1340. The highest BCUT2D eigenvalue weighted by molar-refractivity contribution is 5.80. The van der Waals surface area contributed by atoms with Crippen molar-refractivity contribution in [1.29, 1.82) is 0 Å². The highest BCUT2D eigenvalue weighted by Crippen LogP contribution is 2.38. The summed E-state index contributed by atoms with van der Waals surface area (Å²) >= 11 is 0. The number of carbonyl (C=O) groups is 2. The molecule has 0 spiro atoms.